The Morgan fingerprint density at radius 2 is 1.96 bits per heavy atom. The SMILES string of the molecule is O=S(=O)(c1cccc(F)c1)n1cc(N2CCNCC2)c2nccc(Cl)c21. The van der Waals surface area contributed by atoms with Gasteiger partial charge in [0.25, 0.3) is 10.0 Å². The number of rotatable bonds is 3. The van der Waals surface area contributed by atoms with E-state index in [9.17, 15) is 12.8 Å². The molecule has 6 nitrogen and oxygen atoms in total. The average molecular weight is 395 g/mol. The first-order valence-corrected chi connectivity index (χ1v) is 9.92. The normalized spacial score (nSPS) is 15.5. The molecular weight excluding hydrogens is 379 g/mol. The van der Waals surface area contributed by atoms with Crippen LogP contribution in [-0.2, 0) is 10.0 Å². The van der Waals surface area contributed by atoms with E-state index in [1.54, 1.807) is 12.3 Å². The molecule has 2 aromatic heterocycles. The van der Waals surface area contributed by atoms with Crippen LogP contribution in [0.15, 0.2) is 47.6 Å². The van der Waals surface area contributed by atoms with Gasteiger partial charge in [0.05, 0.1) is 15.6 Å². The van der Waals surface area contributed by atoms with Gasteiger partial charge >= 0.3 is 0 Å². The summed E-state index contributed by atoms with van der Waals surface area (Å²) in [4.78, 5) is 6.29. The molecule has 3 aromatic rings. The summed E-state index contributed by atoms with van der Waals surface area (Å²) in [6, 6.07) is 6.47. The van der Waals surface area contributed by atoms with E-state index in [1.807, 2.05) is 0 Å². The lowest BCUT2D eigenvalue weighted by molar-refractivity contribution is 0.583. The van der Waals surface area contributed by atoms with E-state index in [-0.39, 0.29) is 9.92 Å². The number of piperazine rings is 1. The molecule has 1 aliphatic rings. The topological polar surface area (TPSA) is 67.2 Å². The molecule has 26 heavy (non-hydrogen) atoms. The quantitative estimate of drug-likeness (QED) is 0.739. The molecule has 1 fully saturated rings. The van der Waals surface area contributed by atoms with Crippen molar-refractivity contribution in [1.82, 2.24) is 14.3 Å². The lowest BCUT2D eigenvalue weighted by Gasteiger charge is -2.28. The van der Waals surface area contributed by atoms with E-state index in [0.717, 1.165) is 36.2 Å². The van der Waals surface area contributed by atoms with E-state index in [4.69, 9.17) is 11.6 Å². The molecule has 0 spiro atoms. The maximum Gasteiger partial charge on any atom is 0.268 e. The monoisotopic (exact) mass is 394 g/mol. The van der Waals surface area contributed by atoms with Gasteiger partial charge in [-0.15, -0.1) is 0 Å². The number of benzene rings is 1. The third kappa shape index (κ3) is 2.84. The van der Waals surface area contributed by atoms with Crippen molar-refractivity contribution < 1.29 is 12.8 Å². The summed E-state index contributed by atoms with van der Waals surface area (Å²) >= 11 is 6.31. The molecule has 0 radical (unpaired) electrons. The third-order valence-electron chi connectivity index (χ3n) is 4.39. The number of hydrogen-bond donors (Lipinski definition) is 1. The van der Waals surface area contributed by atoms with E-state index >= 15 is 0 Å². The van der Waals surface area contributed by atoms with Gasteiger partial charge in [0.15, 0.2) is 0 Å². The Morgan fingerprint density at radius 1 is 1.19 bits per heavy atom. The second kappa shape index (κ2) is 6.53. The summed E-state index contributed by atoms with van der Waals surface area (Å²) < 4.78 is 40.9. The van der Waals surface area contributed by atoms with Crippen LogP contribution in [0.2, 0.25) is 5.02 Å². The molecule has 0 unspecified atom stereocenters. The van der Waals surface area contributed by atoms with Crippen LogP contribution >= 0.6 is 11.6 Å². The average Bonchev–Trinajstić information content (AvgIpc) is 3.04. The second-order valence-corrected chi connectivity index (χ2v) is 8.22. The Hall–Kier alpha value is -2.16. The molecule has 0 aliphatic carbocycles. The van der Waals surface area contributed by atoms with Gasteiger partial charge in [-0.1, -0.05) is 17.7 Å². The number of fused-ring (bicyclic) bond motifs is 1. The minimum Gasteiger partial charge on any atom is -0.366 e. The van der Waals surface area contributed by atoms with Gasteiger partial charge in [-0.25, -0.2) is 16.8 Å². The summed E-state index contributed by atoms with van der Waals surface area (Å²) in [6.07, 6.45) is 3.07. The van der Waals surface area contributed by atoms with Crippen molar-refractivity contribution in [3.63, 3.8) is 0 Å². The molecule has 0 atom stereocenters. The van der Waals surface area contributed by atoms with Gasteiger partial charge in [-0.05, 0) is 24.3 Å². The van der Waals surface area contributed by atoms with Crippen LogP contribution in [0.5, 0.6) is 0 Å². The third-order valence-corrected chi connectivity index (χ3v) is 6.35. The van der Waals surface area contributed by atoms with Crippen LogP contribution in [0.1, 0.15) is 0 Å². The number of hydrogen-bond acceptors (Lipinski definition) is 5. The van der Waals surface area contributed by atoms with Gasteiger partial charge in [-0.2, -0.15) is 0 Å². The molecule has 1 aliphatic heterocycles. The van der Waals surface area contributed by atoms with Gasteiger partial charge < -0.3 is 10.2 Å². The Balaban J connectivity index is 1.95. The first-order valence-electron chi connectivity index (χ1n) is 8.11. The molecule has 9 heteroatoms. The minimum absolute atomic E-state index is 0.138. The van der Waals surface area contributed by atoms with E-state index < -0.39 is 15.8 Å². The molecule has 1 aromatic carbocycles. The smallest absolute Gasteiger partial charge is 0.268 e. The van der Waals surface area contributed by atoms with E-state index in [2.05, 4.69) is 15.2 Å². The second-order valence-electron chi connectivity index (χ2n) is 6.00. The zero-order valence-corrected chi connectivity index (χ0v) is 15.3. The predicted molar refractivity (Wildman–Crippen MR) is 98.8 cm³/mol. The van der Waals surface area contributed by atoms with Crippen LogP contribution in [0.4, 0.5) is 10.1 Å². The highest BCUT2D eigenvalue weighted by atomic mass is 35.5. The zero-order chi connectivity index (χ0) is 18.3. The van der Waals surface area contributed by atoms with Crippen molar-refractivity contribution in [1.29, 1.82) is 0 Å². The van der Waals surface area contributed by atoms with E-state index in [1.165, 1.54) is 24.4 Å². The molecule has 0 bridgehead atoms. The highest BCUT2D eigenvalue weighted by molar-refractivity contribution is 7.90. The Morgan fingerprint density at radius 3 is 2.69 bits per heavy atom. The number of nitrogens with zero attached hydrogens (tertiary/aromatic N) is 3. The van der Waals surface area contributed by atoms with Crippen LogP contribution in [-0.4, -0.2) is 43.6 Å². The van der Waals surface area contributed by atoms with Crippen molar-refractivity contribution in [3.8, 4) is 0 Å². The predicted octanol–water partition coefficient (Wildman–Crippen LogP) is 2.48. The maximum atomic E-state index is 13.6. The fourth-order valence-electron chi connectivity index (χ4n) is 3.13. The van der Waals surface area contributed by atoms with Crippen LogP contribution in [0.3, 0.4) is 0 Å². The van der Waals surface area contributed by atoms with Crippen molar-refractivity contribution in [3.05, 3.63) is 53.6 Å². The Bertz CT molecular complexity index is 1080. The Labute approximate surface area is 155 Å². The lowest BCUT2D eigenvalue weighted by Crippen LogP contribution is -2.43. The summed E-state index contributed by atoms with van der Waals surface area (Å²) in [6.45, 7) is 3.05. The minimum atomic E-state index is -4.02. The molecule has 3 heterocycles. The molecular formula is C17H16ClFN4O2S. The largest absolute Gasteiger partial charge is 0.366 e. The van der Waals surface area contributed by atoms with Crippen LogP contribution in [0, 0.1) is 5.82 Å². The maximum absolute atomic E-state index is 13.6. The summed E-state index contributed by atoms with van der Waals surface area (Å²) in [7, 11) is -4.02. The molecule has 0 amide bonds. The van der Waals surface area contributed by atoms with Crippen LogP contribution in [0.25, 0.3) is 11.0 Å². The fourth-order valence-corrected chi connectivity index (χ4v) is 4.82. The molecule has 136 valence electrons. The van der Waals surface area contributed by atoms with Crippen molar-refractivity contribution in [2.24, 2.45) is 0 Å². The molecule has 1 saturated heterocycles. The first kappa shape index (κ1) is 17.3. The van der Waals surface area contributed by atoms with Crippen molar-refractivity contribution in [2.45, 2.75) is 4.90 Å². The molecule has 0 saturated carbocycles. The van der Waals surface area contributed by atoms with Gasteiger partial charge in [0.2, 0.25) is 0 Å². The molecule has 4 rings (SSSR count). The summed E-state index contributed by atoms with van der Waals surface area (Å²) in [5, 5.41) is 3.53. The van der Waals surface area contributed by atoms with Gasteiger partial charge in [0.1, 0.15) is 16.9 Å². The number of aromatic nitrogens is 2. The summed E-state index contributed by atoms with van der Waals surface area (Å²) in [5.74, 6) is -0.617. The van der Waals surface area contributed by atoms with Crippen molar-refractivity contribution >= 4 is 38.3 Å². The number of halogens is 2. The first-order chi connectivity index (χ1) is 12.5. The zero-order valence-electron chi connectivity index (χ0n) is 13.7. The fraction of sp³-hybridized carbons (Fsp3) is 0.235. The van der Waals surface area contributed by atoms with Crippen LogP contribution < -0.4 is 10.2 Å². The van der Waals surface area contributed by atoms with Gasteiger partial charge in [-0.3, -0.25) is 4.98 Å². The van der Waals surface area contributed by atoms with E-state index in [0.29, 0.717) is 16.7 Å². The highest BCUT2D eigenvalue weighted by Gasteiger charge is 2.26. The van der Waals surface area contributed by atoms with Crippen molar-refractivity contribution in [2.75, 3.05) is 31.1 Å². The number of anilines is 1. The van der Waals surface area contributed by atoms with Gasteiger partial charge in [0, 0.05) is 38.6 Å². The Kier molecular flexibility index (Phi) is 4.34. The highest BCUT2D eigenvalue weighted by Crippen LogP contribution is 2.34. The number of pyridine rings is 1. The lowest BCUT2D eigenvalue weighted by atomic mass is 10.3. The number of nitrogens with one attached hydrogen (secondary N) is 1. The molecule has 1 N–H and O–H groups in total. The standard InChI is InChI=1S/C17H16ClFN4O2S/c18-14-4-5-21-16-15(22-8-6-20-7-9-22)11-23(17(14)16)26(24,25)13-3-1-2-12(19)10-13/h1-5,10-11,20H,6-9H2. The summed E-state index contributed by atoms with van der Waals surface area (Å²) in [5.41, 5.74) is 1.51.